The Labute approximate surface area is 245 Å². The van der Waals surface area contributed by atoms with Gasteiger partial charge in [0.25, 0.3) is 0 Å². The summed E-state index contributed by atoms with van der Waals surface area (Å²) in [4.78, 5) is 17.4. The van der Waals surface area contributed by atoms with Crippen molar-refractivity contribution in [2.24, 2.45) is 5.41 Å². The van der Waals surface area contributed by atoms with E-state index in [-0.39, 0.29) is 12.4 Å². The Kier molecular flexibility index (Phi) is 7.78. The molecule has 1 atom stereocenters. The highest BCUT2D eigenvalue weighted by atomic mass is 35.5. The maximum Gasteiger partial charge on any atom is 0.224 e. The molecule has 1 spiro atoms. The van der Waals surface area contributed by atoms with Crippen molar-refractivity contribution in [2.75, 3.05) is 63.2 Å². The number of anilines is 2. The normalized spacial score (nSPS) is 17.6. The third-order valence-electron chi connectivity index (χ3n) is 8.42. The first kappa shape index (κ1) is 27.8. The van der Waals surface area contributed by atoms with Gasteiger partial charge in [-0.1, -0.05) is 23.7 Å². The van der Waals surface area contributed by atoms with Gasteiger partial charge in [0.2, 0.25) is 5.88 Å². The van der Waals surface area contributed by atoms with Crippen LogP contribution in [0.3, 0.4) is 0 Å². The number of aromatic hydroxyl groups is 1. The second-order valence-corrected chi connectivity index (χ2v) is 11.9. The molecule has 41 heavy (non-hydrogen) atoms. The summed E-state index contributed by atoms with van der Waals surface area (Å²) in [5.41, 5.74) is 6.20. The van der Waals surface area contributed by atoms with Crippen LogP contribution in [0.2, 0.25) is 5.02 Å². The molecule has 0 unspecified atom stereocenters. The molecule has 9 nitrogen and oxygen atoms in total. The zero-order valence-electron chi connectivity index (χ0n) is 23.5. The number of aliphatic hydroxyl groups excluding tert-OH is 1. The highest BCUT2D eigenvalue weighted by Crippen LogP contribution is 2.41. The van der Waals surface area contributed by atoms with Crippen molar-refractivity contribution < 1.29 is 14.9 Å². The number of hydrogen-bond acceptors (Lipinski definition) is 8. The number of rotatable bonds is 9. The maximum atomic E-state index is 10.8. The number of benzene rings is 2. The van der Waals surface area contributed by atoms with Crippen molar-refractivity contribution in [1.82, 2.24) is 19.9 Å². The molecule has 0 saturated carbocycles. The van der Waals surface area contributed by atoms with Crippen LogP contribution in [0, 0.1) is 12.3 Å². The number of nitrogens with one attached hydrogen (secondary N) is 2. The number of aromatic nitrogens is 3. The lowest BCUT2D eigenvalue weighted by Gasteiger charge is -2.55. The number of imidazole rings is 1. The first-order chi connectivity index (χ1) is 19.8. The van der Waals surface area contributed by atoms with Gasteiger partial charge in [0.15, 0.2) is 0 Å². The van der Waals surface area contributed by atoms with Crippen LogP contribution in [-0.4, -0.2) is 83.1 Å². The van der Waals surface area contributed by atoms with Gasteiger partial charge in [-0.25, -0.2) is 9.97 Å². The fraction of sp³-hybridized carbons (Fsp3) is 0.419. The monoisotopic (exact) mass is 576 g/mol. The van der Waals surface area contributed by atoms with Crippen molar-refractivity contribution in [3.05, 3.63) is 64.8 Å². The molecule has 6 rings (SSSR count). The number of halogens is 1. The zero-order valence-corrected chi connectivity index (χ0v) is 24.3. The minimum Gasteiger partial charge on any atom is -0.493 e. The molecule has 2 aliphatic rings. The Morgan fingerprint density at radius 3 is 2.85 bits per heavy atom. The number of hydrogen-bond donors (Lipinski definition) is 4. The summed E-state index contributed by atoms with van der Waals surface area (Å²) in [5.74, 6) is 0.388. The van der Waals surface area contributed by atoms with E-state index in [2.05, 4.69) is 44.1 Å². The number of nitrogens with zero attached hydrogens (tertiary/aromatic N) is 4. The van der Waals surface area contributed by atoms with Gasteiger partial charge in [0, 0.05) is 68.7 Å². The average Bonchev–Trinajstić information content (AvgIpc) is 3.38. The molecule has 2 aromatic heterocycles. The van der Waals surface area contributed by atoms with E-state index in [1.165, 1.54) is 24.7 Å². The molecule has 4 N–H and O–H groups in total. The highest BCUT2D eigenvalue weighted by Gasteiger charge is 2.45. The van der Waals surface area contributed by atoms with Crippen LogP contribution in [0.15, 0.2) is 48.7 Å². The number of likely N-dealkylation sites (tertiary alicyclic amines) is 1. The van der Waals surface area contributed by atoms with Gasteiger partial charge in [-0.15, -0.1) is 0 Å². The summed E-state index contributed by atoms with van der Waals surface area (Å²) >= 11 is 6.10. The van der Waals surface area contributed by atoms with Gasteiger partial charge in [-0.05, 0) is 61.2 Å². The molecule has 10 heteroatoms. The van der Waals surface area contributed by atoms with Gasteiger partial charge in [0.05, 0.1) is 29.4 Å². The number of pyridine rings is 1. The Bertz CT molecular complexity index is 1540. The van der Waals surface area contributed by atoms with Crippen LogP contribution in [0.5, 0.6) is 5.88 Å². The van der Waals surface area contributed by atoms with Gasteiger partial charge in [-0.2, -0.15) is 0 Å². The Hall–Kier alpha value is -3.37. The lowest BCUT2D eigenvalue weighted by Crippen LogP contribution is -2.63. The predicted octanol–water partition coefficient (Wildman–Crippen LogP) is 4.99. The lowest BCUT2D eigenvalue weighted by atomic mass is 9.73. The Balaban J connectivity index is 1.23. The third-order valence-corrected chi connectivity index (χ3v) is 8.65. The molecule has 4 aromatic rings. The number of fused-ring (bicyclic) bond motifs is 1. The zero-order chi connectivity index (χ0) is 28.6. The summed E-state index contributed by atoms with van der Waals surface area (Å²) in [6.45, 7) is 8.43. The summed E-state index contributed by atoms with van der Waals surface area (Å²) < 4.78 is 5.26. The molecule has 2 aromatic carbocycles. The van der Waals surface area contributed by atoms with Gasteiger partial charge >= 0.3 is 0 Å². The van der Waals surface area contributed by atoms with Crippen LogP contribution >= 0.6 is 11.6 Å². The summed E-state index contributed by atoms with van der Waals surface area (Å²) in [7, 11) is 1.76. The second-order valence-electron chi connectivity index (χ2n) is 11.5. The number of aliphatic hydroxyl groups is 1. The fourth-order valence-corrected chi connectivity index (χ4v) is 6.60. The molecule has 0 aliphatic carbocycles. The molecule has 216 valence electrons. The van der Waals surface area contributed by atoms with E-state index in [1.807, 2.05) is 12.1 Å². The van der Waals surface area contributed by atoms with E-state index in [0.29, 0.717) is 33.1 Å². The van der Waals surface area contributed by atoms with Crippen molar-refractivity contribution in [2.45, 2.75) is 25.9 Å². The molecular formula is C31H37ClN6O3. The third kappa shape index (κ3) is 5.72. The number of aryl methyl sites for hydroxylation is 1. The number of methoxy groups -OCH3 is 1. The van der Waals surface area contributed by atoms with Crippen LogP contribution in [-0.2, 0) is 4.74 Å². The van der Waals surface area contributed by atoms with Crippen LogP contribution < -0.4 is 10.2 Å². The highest BCUT2D eigenvalue weighted by molar-refractivity contribution is 6.30. The summed E-state index contributed by atoms with van der Waals surface area (Å²) in [6, 6.07) is 13.3. The minimum absolute atomic E-state index is 0.134. The first-order valence-electron chi connectivity index (χ1n) is 14.2. The topological polar surface area (TPSA) is 110 Å². The molecule has 4 heterocycles. The van der Waals surface area contributed by atoms with E-state index in [4.69, 9.17) is 21.3 Å². The minimum atomic E-state index is -0.784. The van der Waals surface area contributed by atoms with E-state index in [9.17, 15) is 10.2 Å². The Morgan fingerprint density at radius 2 is 2.05 bits per heavy atom. The Morgan fingerprint density at radius 1 is 1.20 bits per heavy atom. The number of ether oxygens (including phenoxy) is 1. The van der Waals surface area contributed by atoms with E-state index in [0.717, 1.165) is 55.9 Å². The predicted molar refractivity (Wildman–Crippen MR) is 163 cm³/mol. The number of piperidine rings is 1. The van der Waals surface area contributed by atoms with Gasteiger partial charge in [-0.3, -0.25) is 4.90 Å². The SMILES string of the molecule is COCCN1CC2(CCCN(c3cc(C)c4[nH]c(-c5c(NC[C@H](O)c6cccc(Cl)c6)ccnc5O)nc4c3)C2)C1. The standard InChI is InChI=1S/C31H37ClN6O3/c1-20-13-23(38-10-4-8-31(19-38)17-37(18-31)11-12-41-2)15-25-28(20)36-29(35-25)27-24(7-9-33-30(27)40)34-16-26(39)21-5-3-6-22(32)14-21/h3,5-7,9,13-15,26,39H,4,8,10-12,16-19H2,1-2H3,(H,35,36)(H2,33,34,40)/t26-/m0/s1. The average molecular weight is 577 g/mol. The molecule has 2 saturated heterocycles. The second kappa shape index (κ2) is 11.5. The van der Waals surface area contributed by atoms with E-state index in [1.54, 1.807) is 25.3 Å². The maximum absolute atomic E-state index is 10.8. The summed E-state index contributed by atoms with van der Waals surface area (Å²) in [6.07, 6.45) is 3.19. The fourth-order valence-electron chi connectivity index (χ4n) is 6.41. The van der Waals surface area contributed by atoms with Gasteiger partial charge < -0.3 is 30.2 Å². The smallest absolute Gasteiger partial charge is 0.224 e. The summed E-state index contributed by atoms with van der Waals surface area (Å²) in [5, 5.41) is 25.3. The molecule has 2 aliphatic heterocycles. The van der Waals surface area contributed by atoms with Crippen molar-refractivity contribution in [1.29, 1.82) is 0 Å². The molecular weight excluding hydrogens is 540 g/mol. The molecule has 0 amide bonds. The van der Waals surface area contributed by atoms with E-state index < -0.39 is 6.10 Å². The molecule has 0 bridgehead atoms. The molecule has 2 fully saturated rings. The van der Waals surface area contributed by atoms with Crippen LogP contribution in [0.1, 0.15) is 30.1 Å². The quantitative estimate of drug-likeness (QED) is 0.221. The van der Waals surface area contributed by atoms with Crippen molar-refractivity contribution in [3.8, 4) is 17.3 Å². The molecule has 0 radical (unpaired) electrons. The number of aromatic amines is 1. The van der Waals surface area contributed by atoms with Crippen LogP contribution in [0.25, 0.3) is 22.4 Å². The lowest BCUT2D eigenvalue weighted by molar-refractivity contribution is -0.0224. The van der Waals surface area contributed by atoms with Crippen molar-refractivity contribution >= 4 is 34.0 Å². The van der Waals surface area contributed by atoms with Crippen molar-refractivity contribution in [3.63, 3.8) is 0 Å². The largest absolute Gasteiger partial charge is 0.493 e. The van der Waals surface area contributed by atoms with Crippen LogP contribution in [0.4, 0.5) is 11.4 Å². The first-order valence-corrected chi connectivity index (χ1v) is 14.5. The number of H-pyrrole nitrogens is 1. The van der Waals surface area contributed by atoms with E-state index >= 15 is 0 Å². The van der Waals surface area contributed by atoms with Gasteiger partial charge in [0.1, 0.15) is 11.4 Å².